The molecule has 3 nitrogen and oxygen atoms in total. The van der Waals surface area contributed by atoms with Gasteiger partial charge in [-0.2, -0.15) is 0 Å². The molecule has 0 radical (unpaired) electrons. The largest absolute Gasteiger partial charge is 0.478 e. The molecule has 96 valence electrons. The predicted octanol–water partition coefficient (Wildman–Crippen LogP) is 3.17. The van der Waals surface area contributed by atoms with Gasteiger partial charge in [0.25, 0.3) is 0 Å². The lowest BCUT2D eigenvalue weighted by molar-refractivity contribution is -0.133. The maximum Gasteiger partial charge on any atom is 0.333 e. The van der Waals surface area contributed by atoms with Gasteiger partial charge < -0.3 is 9.84 Å². The number of rotatable bonds is 7. The van der Waals surface area contributed by atoms with E-state index in [1.54, 1.807) is 0 Å². The van der Waals surface area contributed by atoms with Crippen molar-refractivity contribution in [2.24, 2.45) is 5.92 Å². The third-order valence-corrected chi connectivity index (χ3v) is 3.15. The summed E-state index contributed by atoms with van der Waals surface area (Å²) in [6.07, 6.45) is 12.1. The van der Waals surface area contributed by atoms with Crippen LogP contribution in [0.15, 0.2) is 24.3 Å². The van der Waals surface area contributed by atoms with Crippen LogP contribution < -0.4 is 0 Å². The van der Waals surface area contributed by atoms with E-state index in [9.17, 15) is 4.79 Å². The number of hydrogen-bond acceptors (Lipinski definition) is 2. The van der Waals surface area contributed by atoms with Gasteiger partial charge in [0.2, 0.25) is 0 Å². The van der Waals surface area contributed by atoms with Crippen LogP contribution in [0.4, 0.5) is 0 Å². The highest BCUT2D eigenvalue weighted by atomic mass is 16.5. The summed E-state index contributed by atoms with van der Waals surface area (Å²) in [7, 11) is 0. The van der Waals surface area contributed by atoms with Crippen molar-refractivity contribution in [3.8, 4) is 0 Å². The number of carboxylic acid groups (broad SMARTS) is 1. The van der Waals surface area contributed by atoms with Crippen molar-refractivity contribution in [2.75, 3.05) is 13.2 Å². The second-order valence-electron chi connectivity index (χ2n) is 4.63. The number of carboxylic acids is 1. The lowest BCUT2D eigenvalue weighted by atomic mass is 9.87. The van der Waals surface area contributed by atoms with E-state index in [0.717, 1.165) is 12.3 Å². The Bertz CT molecular complexity index is 275. The third-order valence-electron chi connectivity index (χ3n) is 3.15. The molecule has 1 aliphatic carbocycles. The van der Waals surface area contributed by atoms with E-state index >= 15 is 0 Å². The van der Waals surface area contributed by atoms with Crippen LogP contribution in [0.1, 0.15) is 38.5 Å². The zero-order chi connectivity index (χ0) is 12.5. The Morgan fingerprint density at radius 2 is 2.00 bits per heavy atom. The molecule has 3 heteroatoms. The topological polar surface area (TPSA) is 46.5 Å². The molecule has 0 aromatic carbocycles. The maximum absolute atomic E-state index is 10.4. The smallest absolute Gasteiger partial charge is 0.333 e. The zero-order valence-corrected chi connectivity index (χ0v) is 10.4. The van der Waals surface area contributed by atoms with Crippen molar-refractivity contribution in [3.63, 3.8) is 0 Å². The quantitative estimate of drug-likeness (QED) is 0.421. The minimum absolute atomic E-state index is 0.100. The second kappa shape index (κ2) is 8.07. The molecule has 0 bridgehead atoms. The van der Waals surface area contributed by atoms with Gasteiger partial charge in [0, 0.05) is 0 Å². The van der Waals surface area contributed by atoms with Gasteiger partial charge in [-0.25, -0.2) is 4.79 Å². The Labute approximate surface area is 103 Å². The van der Waals surface area contributed by atoms with E-state index in [4.69, 9.17) is 9.84 Å². The van der Waals surface area contributed by atoms with Gasteiger partial charge in [-0.1, -0.05) is 50.8 Å². The molecule has 0 heterocycles. The highest BCUT2D eigenvalue weighted by molar-refractivity contribution is 5.85. The third kappa shape index (κ3) is 6.27. The fourth-order valence-corrected chi connectivity index (χ4v) is 2.09. The normalized spacial score (nSPS) is 17.4. The van der Waals surface area contributed by atoms with Crippen molar-refractivity contribution < 1.29 is 14.6 Å². The molecule has 0 aliphatic heterocycles. The molecule has 17 heavy (non-hydrogen) atoms. The Morgan fingerprint density at radius 1 is 1.29 bits per heavy atom. The monoisotopic (exact) mass is 238 g/mol. The number of carbonyl (C=O) groups is 1. The highest BCUT2D eigenvalue weighted by Crippen LogP contribution is 2.26. The summed E-state index contributed by atoms with van der Waals surface area (Å²) in [5, 5.41) is 8.56. The van der Waals surface area contributed by atoms with E-state index in [-0.39, 0.29) is 12.2 Å². The standard InChI is InChI=1S/C14H22O3/c1-12(14(15)16)11-17-10-6-5-9-13-7-3-2-4-8-13/h5-6,13H,1-4,7-11H2,(H,15,16). The molecule has 1 aliphatic rings. The van der Waals surface area contributed by atoms with E-state index in [0.29, 0.717) is 6.61 Å². The molecule has 0 atom stereocenters. The molecule has 0 saturated heterocycles. The van der Waals surface area contributed by atoms with Crippen molar-refractivity contribution in [1.29, 1.82) is 0 Å². The Morgan fingerprint density at radius 3 is 2.65 bits per heavy atom. The van der Waals surface area contributed by atoms with Crippen LogP contribution in [0.25, 0.3) is 0 Å². The lowest BCUT2D eigenvalue weighted by Gasteiger charge is -2.19. The van der Waals surface area contributed by atoms with Gasteiger partial charge in [-0.3, -0.25) is 0 Å². The molecule has 1 rings (SSSR count). The molecule has 0 amide bonds. The highest BCUT2D eigenvalue weighted by Gasteiger charge is 2.10. The van der Waals surface area contributed by atoms with Crippen molar-refractivity contribution in [1.82, 2.24) is 0 Å². The summed E-state index contributed by atoms with van der Waals surface area (Å²) < 4.78 is 5.18. The molecule has 1 saturated carbocycles. The first-order valence-corrected chi connectivity index (χ1v) is 6.34. The first kappa shape index (κ1) is 14.0. The minimum atomic E-state index is -0.990. The van der Waals surface area contributed by atoms with Gasteiger partial charge in [0.05, 0.1) is 18.8 Å². The summed E-state index contributed by atoms with van der Waals surface area (Å²) in [5.74, 6) is -0.148. The van der Waals surface area contributed by atoms with Crippen LogP contribution >= 0.6 is 0 Å². The van der Waals surface area contributed by atoms with E-state index in [2.05, 4.69) is 12.7 Å². The number of aliphatic carboxylic acids is 1. The van der Waals surface area contributed by atoms with Crippen LogP contribution in [-0.4, -0.2) is 24.3 Å². The number of allylic oxidation sites excluding steroid dienone is 1. The average Bonchev–Trinajstić information content (AvgIpc) is 2.34. The van der Waals surface area contributed by atoms with Gasteiger partial charge in [-0.15, -0.1) is 0 Å². The molecule has 0 spiro atoms. The first-order valence-electron chi connectivity index (χ1n) is 6.34. The number of hydrogen-bond donors (Lipinski definition) is 1. The first-order chi connectivity index (χ1) is 8.20. The predicted molar refractivity (Wildman–Crippen MR) is 67.9 cm³/mol. The molecule has 0 unspecified atom stereocenters. The maximum atomic E-state index is 10.4. The second-order valence-corrected chi connectivity index (χ2v) is 4.63. The molecule has 0 aromatic rings. The fourth-order valence-electron chi connectivity index (χ4n) is 2.09. The van der Waals surface area contributed by atoms with E-state index in [1.165, 1.54) is 32.1 Å². The Balaban J connectivity index is 2.02. The fraction of sp³-hybridized carbons (Fsp3) is 0.643. The minimum Gasteiger partial charge on any atom is -0.478 e. The number of ether oxygens (including phenoxy) is 1. The molecular weight excluding hydrogens is 216 g/mol. The average molecular weight is 238 g/mol. The lowest BCUT2D eigenvalue weighted by Crippen LogP contribution is -2.07. The van der Waals surface area contributed by atoms with Crippen LogP contribution in [0.2, 0.25) is 0 Å². The van der Waals surface area contributed by atoms with Gasteiger partial charge in [-0.05, 0) is 12.3 Å². The Hall–Kier alpha value is -1.09. The summed E-state index contributed by atoms with van der Waals surface area (Å²) in [6, 6.07) is 0. The van der Waals surface area contributed by atoms with Crippen molar-refractivity contribution in [2.45, 2.75) is 38.5 Å². The van der Waals surface area contributed by atoms with E-state index in [1.807, 2.05) is 6.08 Å². The van der Waals surface area contributed by atoms with Gasteiger partial charge >= 0.3 is 5.97 Å². The van der Waals surface area contributed by atoms with Gasteiger partial charge in [0.1, 0.15) is 0 Å². The van der Waals surface area contributed by atoms with Crippen LogP contribution in [0.3, 0.4) is 0 Å². The SMILES string of the molecule is C=C(COCC=CCC1CCCCC1)C(=O)O. The van der Waals surface area contributed by atoms with E-state index < -0.39 is 5.97 Å². The van der Waals surface area contributed by atoms with Crippen molar-refractivity contribution >= 4 is 5.97 Å². The summed E-state index contributed by atoms with van der Waals surface area (Å²) in [4.78, 5) is 10.4. The van der Waals surface area contributed by atoms with Crippen LogP contribution in [0.5, 0.6) is 0 Å². The Kier molecular flexibility index (Phi) is 6.63. The molecule has 1 fully saturated rings. The van der Waals surface area contributed by atoms with Gasteiger partial charge in [0.15, 0.2) is 0 Å². The molecular formula is C14H22O3. The van der Waals surface area contributed by atoms with Crippen molar-refractivity contribution in [3.05, 3.63) is 24.3 Å². The molecule has 0 aromatic heterocycles. The summed E-state index contributed by atoms with van der Waals surface area (Å²) >= 11 is 0. The summed E-state index contributed by atoms with van der Waals surface area (Å²) in [5.41, 5.74) is 0.102. The molecule has 1 N–H and O–H groups in total. The van der Waals surface area contributed by atoms with Crippen LogP contribution in [-0.2, 0) is 9.53 Å². The summed E-state index contributed by atoms with van der Waals surface area (Å²) in [6.45, 7) is 3.97. The zero-order valence-electron chi connectivity index (χ0n) is 10.4. The van der Waals surface area contributed by atoms with Crippen LogP contribution in [0, 0.1) is 5.92 Å².